The van der Waals surface area contributed by atoms with Crippen LogP contribution in [0.25, 0.3) is 23.1 Å². The number of aromatic amines is 1. The third-order valence-electron chi connectivity index (χ3n) is 3.15. The number of nitrogens with zero attached hydrogens (tertiary/aromatic N) is 2. The summed E-state index contributed by atoms with van der Waals surface area (Å²) in [7, 11) is 0. The van der Waals surface area contributed by atoms with E-state index < -0.39 is 0 Å². The average Bonchev–Trinajstić information content (AvgIpc) is 2.95. The van der Waals surface area contributed by atoms with Crippen molar-refractivity contribution in [2.75, 3.05) is 5.73 Å². The Balaban J connectivity index is 2.04. The van der Waals surface area contributed by atoms with Crippen molar-refractivity contribution in [3.05, 3.63) is 39.5 Å². The van der Waals surface area contributed by atoms with Crippen molar-refractivity contribution in [1.82, 2.24) is 15.2 Å². The zero-order valence-electron chi connectivity index (χ0n) is 10.8. The van der Waals surface area contributed by atoms with Gasteiger partial charge in [0.25, 0.3) is 0 Å². The van der Waals surface area contributed by atoms with E-state index in [1.807, 2.05) is 43.6 Å². The third kappa shape index (κ3) is 2.13. The molecule has 3 rings (SSSR count). The molecule has 0 unspecified atom stereocenters. The van der Waals surface area contributed by atoms with Crippen molar-refractivity contribution in [1.29, 1.82) is 0 Å². The highest BCUT2D eigenvalue weighted by atomic mass is 32.1. The second-order valence-corrected chi connectivity index (χ2v) is 5.38. The molecular weight excluding hydrogens is 256 g/mol. The summed E-state index contributed by atoms with van der Waals surface area (Å²) in [5, 5.41) is 8.40. The largest absolute Gasteiger partial charge is 0.398 e. The molecular formula is C14H14N4S. The molecule has 2 aromatic heterocycles. The van der Waals surface area contributed by atoms with Gasteiger partial charge in [-0.05, 0) is 43.7 Å². The summed E-state index contributed by atoms with van der Waals surface area (Å²) in [6.45, 7) is 3.99. The van der Waals surface area contributed by atoms with Crippen LogP contribution in [0.3, 0.4) is 0 Å². The van der Waals surface area contributed by atoms with E-state index in [0.717, 1.165) is 38.4 Å². The van der Waals surface area contributed by atoms with Crippen molar-refractivity contribution >= 4 is 40.1 Å². The summed E-state index contributed by atoms with van der Waals surface area (Å²) in [6, 6.07) is 3.99. The first-order chi connectivity index (χ1) is 9.15. The molecule has 0 atom stereocenters. The minimum atomic E-state index is 0.789. The lowest BCUT2D eigenvalue weighted by Crippen LogP contribution is -1.88. The van der Waals surface area contributed by atoms with Crippen molar-refractivity contribution in [3.8, 4) is 0 Å². The van der Waals surface area contributed by atoms with Crippen molar-refractivity contribution in [2.45, 2.75) is 13.8 Å². The van der Waals surface area contributed by atoms with Crippen LogP contribution in [0.2, 0.25) is 0 Å². The number of H-pyrrole nitrogens is 1. The Kier molecular flexibility index (Phi) is 2.83. The highest BCUT2D eigenvalue weighted by Gasteiger charge is 2.05. The molecule has 0 amide bonds. The number of fused-ring (bicyclic) bond motifs is 1. The summed E-state index contributed by atoms with van der Waals surface area (Å²) in [5.41, 5.74) is 12.6. The molecule has 3 N–H and O–H groups in total. The Bertz CT molecular complexity index is 767. The number of aromatic nitrogens is 3. The minimum Gasteiger partial charge on any atom is -0.398 e. The Morgan fingerprint density at radius 2 is 2.11 bits per heavy atom. The zero-order valence-corrected chi connectivity index (χ0v) is 11.6. The number of hydrogen-bond donors (Lipinski definition) is 2. The van der Waals surface area contributed by atoms with E-state index in [1.54, 1.807) is 11.3 Å². The van der Waals surface area contributed by atoms with Gasteiger partial charge in [-0.3, -0.25) is 5.10 Å². The van der Waals surface area contributed by atoms with Crippen LogP contribution in [0.15, 0.2) is 17.6 Å². The SMILES string of the molecule is Cc1cc2[nH]nc(/C=C/c3scnc3C)c2cc1N. The van der Waals surface area contributed by atoms with E-state index >= 15 is 0 Å². The van der Waals surface area contributed by atoms with Crippen LogP contribution in [0.5, 0.6) is 0 Å². The fourth-order valence-corrected chi connectivity index (χ4v) is 2.66. The lowest BCUT2D eigenvalue weighted by molar-refractivity contribution is 1.11. The lowest BCUT2D eigenvalue weighted by Gasteiger charge is -1.99. The maximum absolute atomic E-state index is 5.96. The molecule has 2 heterocycles. The molecule has 0 fully saturated rings. The number of nitrogen functional groups attached to an aromatic ring is 1. The van der Waals surface area contributed by atoms with Crippen LogP contribution in [-0.2, 0) is 0 Å². The number of nitrogens with two attached hydrogens (primary N) is 1. The van der Waals surface area contributed by atoms with Gasteiger partial charge in [-0.15, -0.1) is 11.3 Å². The minimum absolute atomic E-state index is 0.789. The molecule has 0 aliphatic heterocycles. The van der Waals surface area contributed by atoms with Crippen LogP contribution in [0, 0.1) is 13.8 Å². The fourth-order valence-electron chi connectivity index (χ4n) is 1.96. The number of anilines is 1. The zero-order chi connectivity index (χ0) is 13.4. The van der Waals surface area contributed by atoms with Gasteiger partial charge in [0.05, 0.1) is 22.4 Å². The van der Waals surface area contributed by atoms with E-state index in [4.69, 9.17) is 5.73 Å². The maximum atomic E-state index is 5.96. The van der Waals surface area contributed by atoms with Crippen molar-refractivity contribution in [2.24, 2.45) is 0 Å². The van der Waals surface area contributed by atoms with Crippen LogP contribution in [0.4, 0.5) is 5.69 Å². The summed E-state index contributed by atoms with van der Waals surface area (Å²) >= 11 is 1.62. The highest BCUT2D eigenvalue weighted by Crippen LogP contribution is 2.24. The van der Waals surface area contributed by atoms with Gasteiger partial charge in [0.15, 0.2) is 0 Å². The molecule has 0 saturated heterocycles. The smallest absolute Gasteiger partial charge is 0.0928 e. The molecule has 4 nitrogen and oxygen atoms in total. The van der Waals surface area contributed by atoms with Gasteiger partial charge in [0, 0.05) is 16.0 Å². The molecule has 0 radical (unpaired) electrons. The van der Waals surface area contributed by atoms with E-state index in [0.29, 0.717) is 0 Å². The molecule has 3 aromatic rings. The first-order valence-electron chi connectivity index (χ1n) is 5.97. The number of rotatable bonds is 2. The van der Waals surface area contributed by atoms with Gasteiger partial charge in [0.1, 0.15) is 0 Å². The van der Waals surface area contributed by atoms with Crippen LogP contribution in [0.1, 0.15) is 21.8 Å². The molecule has 1 aromatic carbocycles. The normalized spacial score (nSPS) is 11.7. The number of hydrogen-bond acceptors (Lipinski definition) is 4. The fraction of sp³-hybridized carbons (Fsp3) is 0.143. The highest BCUT2D eigenvalue weighted by molar-refractivity contribution is 7.10. The van der Waals surface area contributed by atoms with Crippen LogP contribution < -0.4 is 5.73 Å². The van der Waals surface area contributed by atoms with Crippen LogP contribution in [-0.4, -0.2) is 15.2 Å². The lowest BCUT2D eigenvalue weighted by atomic mass is 10.1. The predicted octanol–water partition coefficient (Wildman–Crippen LogP) is 3.39. The third-order valence-corrected chi connectivity index (χ3v) is 4.05. The molecule has 0 saturated carbocycles. The number of benzene rings is 1. The Morgan fingerprint density at radius 1 is 1.26 bits per heavy atom. The summed E-state index contributed by atoms with van der Waals surface area (Å²) in [5.74, 6) is 0. The van der Waals surface area contributed by atoms with Gasteiger partial charge >= 0.3 is 0 Å². The van der Waals surface area contributed by atoms with E-state index in [9.17, 15) is 0 Å². The Morgan fingerprint density at radius 3 is 2.84 bits per heavy atom. The van der Waals surface area contributed by atoms with Gasteiger partial charge in [0.2, 0.25) is 0 Å². The molecule has 0 bridgehead atoms. The van der Waals surface area contributed by atoms with Gasteiger partial charge in [-0.25, -0.2) is 4.98 Å². The molecule has 0 aliphatic carbocycles. The quantitative estimate of drug-likeness (QED) is 0.701. The number of nitrogens with one attached hydrogen (secondary N) is 1. The van der Waals surface area contributed by atoms with Crippen LogP contribution >= 0.6 is 11.3 Å². The van der Waals surface area contributed by atoms with E-state index in [1.165, 1.54) is 0 Å². The van der Waals surface area contributed by atoms with E-state index in [2.05, 4.69) is 15.2 Å². The summed E-state index contributed by atoms with van der Waals surface area (Å²) in [6.07, 6.45) is 4.03. The second kappa shape index (κ2) is 4.51. The first kappa shape index (κ1) is 11.9. The molecule has 5 heteroatoms. The number of aryl methyl sites for hydroxylation is 2. The standard InChI is InChI=1S/C14H14N4S/c1-8-5-13-10(6-11(8)15)12(17-18-13)3-4-14-9(2)16-7-19-14/h3-7H,15H2,1-2H3,(H,17,18)/b4-3+. The average molecular weight is 270 g/mol. The topological polar surface area (TPSA) is 67.6 Å². The first-order valence-corrected chi connectivity index (χ1v) is 6.85. The maximum Gasteiger partial charge on any atom is 0.0928 e. The Labute approximate surface area is 115 Å². The second-order valence-electron chi connectivity index (χ2n) is 4.50. The van der Waals surface area contributed by atoms with E-state index in [-0.39, 0.29) is 0 Å². The van der Waals surface area contributed by atoms with Gasteiger partial charge < -0.3 is 5.73 Å². The predicted molar refractivity (Wildman–Crippen MR) is 81.0 cm³/mol. The molecule has 19 heavy (non-hydrogen) atoms. The van der Waals surface area contributed by atoms with Gasteiger partial charge in [-0.2, -0.15) is 5.10 Å². The van der Waals surface area contributed by atoms with Crippen molar-refractivity contribution < 1.29 is 0 Å². The molecule has 96 valence electrons. The Hall–Kier alpha value is -2.14. The molecule has 0 aliphatic rings. The molecule has 0 spiro atoms. The monoisotopic (exact) mass is 270 g/mol. The van der Waals surface area contributed by atoms with Crippen molar-refractivity contribution in [3.63, 3.8) is 0 Å². The summed E-state index contributed by atoms with van der Waals surface area (Å²) in [4.78, 5) is 5.37. The summed E-state index contributed by atoms with van der Waals surface area (Å²) < 4.78 is 0. The van der Waals surface area contributed by atoms with Gasteiger partial charge in [-0.1, -0.05) is 0 Å². The number of thiazole rings is 1.